The van der Waals surface area contributed by atoms with Crippen molar-refractivity contribution in [1.29, 1.82) is 0 Å². The van der Waals surface area contributed by atoms with Crippen LogP contribution in [0.5, 0.6) is 11.5 Å². The highest BCUT2D eigenvalue weighted by molar-refractivity contribution is 9.09. The maximum absolute atomic E-state index is 10.4. The van der Waals surface area contributed by atoms with Crippen LogP contribution in [0.4, 0.5) is 0 Å². The summed E-state index contributed by atoms with van der Waals surface area (Å²) in [6.07, 6.45) is 3.66. The first kappa shape index (κ1) is 14.0. The van der Waals surface area contributed by atoms with E-state index in [2.05, 4.69) is 15.9 Å². The summed E-state index contributed by atoms with van der Waals surface area (Å²) in [7, 11) is 3.25. The van der Waals surface area contributed by atoms with E-state index in [0.717, 1.165) is 37.0 Å². The number of carbonyl (C=O) groups excluding carboxylic acids is 1. The minimum absolute atomic E-state index is 0.0392. The van der Waals surface area contributed by atoms with Gasteiger partial charge >= 0.3 is 0 Å². The Labute approximate surface area is 110 Å². The van der Waals surface area contributed by atoms with Gasteiger partial charge in [-0.15, -0.1) is 0 Å². The van der Waals surface area contributed by atoms with Gasteiger partial charge in [-0.05, 0) is 37.0 Å². The fraction of sp³-hybridized carbons (Fsp3) is 0.462. The Morgan fingerprint density at radius 1 is 1.29 bits per heavy atom. The minimum Gasteiger partial charge on any atom is -0.493 e. The van der Waals surface area contributed by atoms with Gasteiger partial charge in [0.1, 0.15) is 6.29 Å². The van der Waals surface area contributed by atoms with Crippen molar-refractivity contribution in [1.82, 2.24) is 0 Å². The van der Waals surface area contributed by atoms with Crippen molar-refractivity contribution >= 4 is 22.2 Å². The lowest BCUT2D eigenvalue weighted by Crippen LogP contribution is -1.99. The summed E-state index contributed by atoms with van der Waals surface area (Å²) in [6.45, 7) is 0. The van der Waals surface area contributed by atoms with E-state index in [1.807, 2.05) is 18.2 Å². The summed E-state index contributed by atoms with van der Waals surface area (Å²) < 4.78 is 10.4. The molecule has 0 bridgehead atoms. The second kappa shape index (κ2) is 7.33. The van der Waals surface area contributed by atoms with Crippen LogP contribution >= 0.6 is 15.9 Å². The van der Waals surface area contributed by atoms with Crippen LogP contribution in [-0.2, 0) is 11.2 Å². The smallest absolute Gasteiger partial charge is 0.160 e. The average Bonchev–Trinajstić information content (AvgIpc) is 2.38. The molecular formula is C13H17BrO3. The van der Waals surface area contributed by atoms with E-state index in [0.29, 0.717) is 0 Å². The number of carbonyl (C=O) groups is 1. The summed E-state index contributed by atoms with van der Waals surface area (Å²) in [5, 5.41) is 0. The molecule has 3 nitrogen and oxygen atoms in total. The van der Waals surface area contributed by atoms with Gasteiger partial charge in [0.2, 0.25) is 0 Å². The van der Waals surface area contributed by atoms with Gasteiger partial charge in [0.15, 0.2) is 11.5 Å². The van der Waals surface area contributed by atoms with Crippen LogP contribution in [0.3, 0.4) is 0 Å². The third-order valence-corrected chi connectivity index (χ3v) is 3.21. The Morgan fingerprint density at radius 2 is 2.00 bits per heavy atom. The summed E-state index contributed by atoms with van der Waals surface area (Å²) >= 11 is 3.29. The molecule has 0 aromatic heterocycles. The fourth-order valence-electron chi connectivity index (χ4n) is 1.61. The second-order valence-electron chi connectivity index (χ2n) is 3.73. The third kappa shape index (κ3) is 4.38. The molecule has 0 amide bonds. The highest BCUT2D eigenvalue weighted by Crippen LogP contribution is 2.28. The van der Waals surface area contributed by atoms with Crippen molar-refractivity contribution in [3.63, 3.8) is 0 Å². The predicted molar refractivity (Wildman–Crippen MR) is 71.3 cm³/mol. The van der Waals surface area contributed by atoms with Gasteiger partial charge in [-0.2, -0.15) is 0 Å². The first-order valence-electron chi connectivity index (χ1n) is 5.51. The van der Waals surface area contributed by atoms with Gasteiger partial charge < -0.3 is 14.3 Å². The number of aldehydes is 1. The van der Waals surface area contributed by atoms with E-state index in [1.165, 1.54) is 5.56 Å². The van der Waals surface area contributed by atoms with E-state index in [1.54, 1.807) is 14.2 Å². The standard InChI is InChI=1S/C13H17BrO3/c1-16-12-7-6-10(8-13(12)17-2)4-3-5-11(14)9-15/h6-9,11H,3-5H2,1-2H3. The molecule has 1 aromatic carbocycles. The zero-order chi connectivity index (χ0) is 12.7. The highest BCUT2D eigenvalue weighted by Gasteiger charge is 2.06. The summed E-state index contributed by atoms with van der Waals surface area (Å²) in [5.41, 5.74) is 1.19. The topological polar surface area (TPSA) is 35.5 Å². The number of benzene rings is 1. The number of aryl methyl sites for hydroxylation is 1. The van der Waals surface area contributed by atoms with Gasteiger partial charge in [0.05, 0.1) is 19.0 Å². The first-order chi connectivity index (χ1) is 8.21. The van der Waals surface area contributed by atoms with Crippen LogP contribution < -0.4 is 9.47 Å². The molecule has 0 saturated heterocycles. The van der Waals surface area contributed by atoms with Crippen LogP contribution in [0.25, 0.3) is 0 Å². The van der Waals surface area contributed by atoms with Gasteiger partial charge in [0, 0.05) is 0 Å². The molecule has 0 N–H and O–H groups in total. The highest BCUT2D eigenvalue weighted by atomic mass is 79.9. The monoisotopic (exact) mass is 300 g/mol. The molecule has 1 atom stereocenters. The summed E-state index contributed by atoms with van der Waals surface area (Å²) in [6, 6.07) is 5.90. The van der Waals surface area contributed by atoms with E-state index in [4.69, 9.17) is 9.47 Å². The van der Waals surface area contributed by atoms with Crippen molar-refractivity contribution < 1.29 is 14.3 Å². The number of hydrogen-bond donors (Lipinski definition) is 0. The average molecular weight is 301 g/mol. The molecule has 17 heavy (non-hydrogen) atoms. The van der Waals surface area contributed by atoms with Crippen LogP contribution in [0.1, 0.15) is 18.4 Å². The van der Waals surface area contributed by atoms with Gasteiger partial charge in [-0.3, -0.25) is 0 Å². The Bertz CT molecular complexity index is 366. The molecule has 0 spiro atoms. The summed E-state index contributed by atoms with van der Waals surface area (Å²) in [5.74, 6) is 1.48. The molecule has 1 aromatic rings. The van der Waals surface area contributed by atoms with E-state index in [9.17, 15) is 4.79 Å². The Balaban J connectivity index is 2.57. The lowest BCUT2D eigenvalue weighted by Gasteiger charge is -2.09. The summed E-state index contributed by atoms with van der Waals surface area (Å²) in [4.78, 5) is 10.4. The number of hydrogen-bond acceptors (Lipinski definition) is 3. The maximum atomic E-state index is 10.4. The molecule has 1 unspecified atom stereocenters. The number of alkyl halides is 1. The van der Waals surface area contributed by atoms with E-state index in [-0.39, 0.29) is 4.83 Å². The van der Waals surface area contributed by atoms with Crippen molar-refractivity contribution in [2.24, 2.45) is 0 Å². The number of rotatable bonds is 7. The molecule has 0 aliphatic heterocycles. The quantitative estimate of drug-likeness (QED) is 0.574. The third-order valence-electron chi connectivity index (χ3n) is 2.54. The molecule has 1 rings (SSSR count). The zero-order valence-electron chi connectivity index (χ0n) is 10.1. The zero-order valence-corrected chi connectivity index (χ0v) is 11.7. The van der Waals surface area contributed by atoms with E-state index >= 15 is 0 Å². The minimum atomic E-state index is -0.0392. The van der Waals surface area contributed by atoms with Crippen LogP contribution in [0.2, 0.25) is 0 Å². The second-order valence-corrected chi connectivity index (χ2v) is 4.91. The lowest BCUT2D eigenvalue weighted by atomic mass is 10.1. The largest absolute Gasteiger partial charge is 0.493 e. The number of methoxy groups -OCH3 is 2. The number of ether oxygens (including phenoxy) is 2. The molecule has 0 saturated carbocycles. The van der Waals surface area contributed by atoms with Crippen molar-refractivity contribution in [3.05, 3.63) is 23.8 Å². The maximum Gasteiger partial charge on any atom is 0.160 e. The SMILES string of the molecule is COc1ccc(CCCC(Br)C=O)cc1OC. The van der Waals surface area contributed by atoms with Crippen LogP contribution in [-0.4, -0.2) is 25.3 Å². The Kier molecular flexibility index (Phi) is 6.05. The Hall–Kier alpha value is -1.03. The van der Waals surface area contributed by atoms with Crippen molar-refractivity contribution in [2.45, 2.75) is 24.1 Å². The van der Waals surface area contributed by atoms with Crippen LogP contribution in [0, 0.1) is 0 Å². The Morgan fingerprint density at radius 3 is 2.59 bits per heavy atom. The molecular weight excluding hydrogens is 284 g/mol. The van der Waals surface area contributed by atoms with Crippen LogP contribution in [0.15, 0.2) is 18.2 Å². The van der Waals surface area contributed by atoms with Gasteiger partial charge in [-0.25, -0.2) is 0 Å². The molecule has 0 heterocycles. The molecule has 4 heteroatoms. The van der Waals surface area contributed by atoms with E-state index < -0.39 is 0 Å². The molecule has 0 fully saturated rings. The molecule has 0 aliphatic carbocycles. The fourth-order valence-corrected chi connectivity index (χ4v) is 1.93. The van der Waals surface area contributed by atoms with Crippen molar-refractivity contribution in [3.8, 4) is 11.5 Å². The van der Waals surface area contributed by atoms with Gasteiger partial charge in [-0.1, -0.05) is 22.0 Å². The number of halogens is 1. The van der Waals surface area contributed by atoms with Gasteiger partial charge in [0.25, 0.3) is 0 Å². The van der Waals surface area contributed by atoms with Crippen molar-refractivity contribution in [2.75, 3.05) is 14.2 Å². The first-order valence-corrected chi connectivity index (χ1v) is 6.43. The molecule has 0 aliphatic rings. The molecule has 94 valence electrons. The normalized spacial score (nSPS) is 11.9. The molecule has 0 radical (unpaired) electrons. The lowest BCUT2D eigenvalue weighted by molar-refractivity contribution is -0.107. The predicted octanol–water partition coefficient (Wildman–Crippen LogP) is 2.99.